The molecule has 0 aliphatic rings. The molecule has 0 saturated heterocycles. The third-order valence-corrected chi connectivity index (χ3v) is 5.55. The van der Waals surface area contributed by atoms with E-state index >= 15 is 0 Å². The summed E-state index contributed by atoms with van der Waals surface area (Å²) in [6.45, 7) is 1.45. The van der Waals surface area contributed by atoms with Gasteiger partial charge in [0.25, 0.3) is 11.5 Å². The van der Waals surface area contributed by atoms with Crippen LogP contribution in [0, 0.1) is 6.92 Å². The fraction of sp³-hybridized carbons (Fsp3) is 0.115. The van der Waals surface area contributed by atoms with Crippen LogP contribution in [0.25, 0.3) is 21.9 Å². The Morgan fingerprint density at radius 1 is 0.939 bits per heavy atom. The second-order valence-corrected chi connectivity index (χ2v) is 8.07. The van der Waals surface area contributed by atoms with E-state index in [9.17, 15) is 14.4 Å². The van der Waals surface area contributed by atoms with Gasteiger partial charge in [0, 0.05) is 28.7 Å². The van der Waals surface area contributed by atoms with Crippen molar-refractivity contribution < 1.29 is 14.3 Å². The van der Waals surface area contributed by atoms with E-state index in [1.54, 1.807) is 60.7 Å². The molecule has 0 radical (unpaired) electrons. The summed E-state index contributed by atoms with van der Waals surface area (Å²) >= 11 is 6.04. The summed E-state index contributed by atoms with van der Waals surface area (Å²) < 4.78 is 6.58. The largest absolute Gasteiger partial charge is 0.451 e. The quantitative estimate of drug-likeness (QED) is 0.427. The van der Waals surface area contributed by atoms with Crippen LogP contribution < -0.4 is 10.9 Å². The predicted octanol–water partition coefficient (Wildman–Crippen LogP) is 4.96. The number of anilines is 1. The molecule has 3 aromatic carbocycles. The van der Waals surface area contributed by atoms with Crippen LogP contribution in [0.2, 0.25) is 5.02 Å². The number of ether oxygens (including phenoxy) is 1. The van der Waals surface area contributed by atoms with E-state index in [0.717, 1.165) is 5.56 Å². The fourth-order valence-electron chi connectivity index (χ4n) is 3.65. The maximum Gasteiger partial charge on any atom is 0.356 e. The van der Waals surface area contributed by atoms with Gasteiger partial charge in [0.05, 0.1) is 0 Å². The molecule has 4 aromatic rings. The van der Waals surface area contributed by atoms with E-state index in [2.05, 4.69) is 5.32 Å². The Morgan fingerprint density at radius 2 is 1.58 bits per heavy atom. The van der Waals surface area contributed by atoms with Crippen molar-refractivity contribution in [3.63, 3.8) is 0 Å². The zero-order valence-corrected chi connectivity index (χ0v) is 18.8. The van der Waals surface area contributed by atoms with Gasteiger partial charge in [-0.2, -0.15) is 0 Å². The molecule has 0 bridgehead atoms. The van der Waals surface area contributed by atoms with Crippen LogP contribution in [0.3, 0.4) is 0 Å². The number of halogens is 1. The lowest BCUT2D eigenvalue weighted by Gasteiger charge is -2.17. The van der Waals surface area contributed by atoms with Gasteiger partial charge in [0.1, 0.15) is 5.69 Å². The predicted molar refractivity (Wildman–Crippen MR) is 130 cm³/mol. The summed E-state index contributed by atoms with van der Waals surface area (Å²) in [4.78, 5) is 38.4. The van der Waals surface area contributed by atoms with Crippen molar-refractivity contribution in [2.75, 3.05) is 11.9 Å². The van der Waals surface area contributed by atoms with Gasteiger partial charge in [-0.05, 0) is 48.2 Å². The Labute approximate surface area is 195 Å². The minimum atomic E-state index is -0.774. The zero-order valence-electron chi connectivity index (χ0n) is 18.1. The molecule has 0 unspecified atom stereocenters. The van der Waals surface area contributed by atoms with Gasteiger partial charge < -0.3 is 14.6 Å². The van der Waals surface area contributed by atoms with Crippen molar-refractivity contribution in [2.45, 2.75) is 6.92 Å². The Balaban J connectivity index is 1.69. The number of carbonyl (C=O) groups excluding carboxylic acids is 2. The SMILES string of the molecule is Cc1ccc(NC(=O)COC(=O)c2c(-c3ccc(Cl)cc3)c3ccccc3c(=O)n2C)cc1. The highest BCUT2D eigenvalue weighted by atomic mass is 35.5. The van der Waals surface area contributed by atoms with Gasteiger partial charge in [-0.3, -0.25) is 9.59 Å². The van der Waals surface area contributed by atoms with Crippen molar-refractivity contribution in [1.82, 2.24) is 4.57 Å². The number of rotatable bonds is 5. The van der Waals surface area contributed by atoms with Crippen LogP contribution in [0.4, 0.5) is 5.69 Å². The van der Waals surface area contributed by atoms with Crippen LogP contribution in [-0.2, 0) is 16.6 Å². The maximum absolute atomic E-state index is 13.1. The maximum atomic E-state index is 13.1. The summed E-state index contributed by atoms with van der Waals surface area (Å²) in [5, 5.41) is 4.31. The summed E-state index contributed by atoms with van der Waals surface area (Å²) in [7, 11) is 1.51. The second-order valence-electron chi connectivity index (χ2n) is 7.63. The minimum Gasteiger partial charge on any atom is -0.451 e. The highest BCUT2D eigenvalue weighted by Crippen LogP contribution is 2.31. The first-order valence-corrected chi connectivity index (χ1v) is 10.6. The number of amides is 1. The molecule has 6 nitrogen and oxygen atoms in total. The first kappa shape index (κ1) is 22.3. The number of fused-ring (bicyclic) bond motifs is 1. The fourth-order valence-corrected chi connectivity index (χ4v) is 3.77. The number of benzene rings is 3. The van der Waals surface area contributed by atoms with Gasteiger partial charge in [-0.25, -0.2) is 4.79 Å². The number of aromatic nitrogens is 1. The molecule has 0 aliphatic heterocycles. The average molecular weight is 461 g/mol. The number of aryl methyl sites for hydroxylation is 1. The van der Waals surface area contributed by atoms with Crippen LogP contribution >= 0.6 is 11.6 Å². The normalized spacial score (nSPS) is 10.8. The van der Waals surface area contributed by atoms with Gasteiger partial charge in [0.2, 0.25) is 0 Å². The van der Waals surface area contributed by atoms with Crippen LogP contribution in [-0.4, -0.2) is 23.1 Å². The average Bonchev–Trinajstić information content (AvgIpc) is 2.82. The van der Waals surface area contributed by atoms with Crippen molar-refractivity contribution in [2.24, 2.45) is 7.05 Å². The monoisotopic (exact) mass is 460 g/mol. The second kappa shape index (κ2) is 9.30. The lowest BCUT2D eigenvalue weighted by atomic mass is 9.97. The first-order chi connectivity index (χ1) is 15.8. The molecule has 166 valence electrons. The van der Waals surface area contributed by atoms with Gasteiger partial charge in [-0.1, -0.05) is 59.6 Å². The van der Waals surface area contributed by atoms with Gasteiger partial charge in [-0.15, -0.1) is 0 Å². The highest BCUT2D eigenvalue weighted by molar-refractivity contribution is 6.30. The third-order valence-electron chi connectivity index (χ3n) is 5.30. The lowest BCUT2D eigenvalue weighted by Crippen LogP contribution is -2.28. The minimum absolute atomic E-state index is 0.0594. The molecule has 0 fully saturated rings. The Kier molecular flexibility index (Phi) is 6.29. The summed E-state index contributed by atoms with van der Waals surface area (Å²) in [5.74, 6) is -1.25. The molecule has 7 heteroatoms. The molecule has 4 rings (SSSR count). The summed E-state index contributed by atoms with van der Waals surface area (Å²) in [6.07, 6.45) is 0. The summed E-state index contributed by atoms with van der Waals surface area (Å²) in [5.41, 5.74) is 2.62. The molecule has 0 spiro atoms. The molecule has 1 heterocycles. The molecule has 33 heavy (non-hydrogen) atoms. The number of nitrogens with zero attached hydrogens (tertiary/aromatic N) is 1. The molecular formula is C26H21ClN2O4. The van der Waals surface area contributed by atoms with E-state index < -0.39 is 18.5 Å². The highest BCUT2D eigenvalue weighted by Gasteiger charge is 2.23. The number of hydrogen-bond donors (Lipinski definition) is 1. The van der Waals surface area contributed by atoms with Gasteiger partial charge >= 0.3 is 5.97 Å². The molecule has 0 aliphatic carbocycles. The Hall–Kier alpha value is -3.90. The molecule has 1 N–H and O–H groups in total. The number of nitrogens with one attached hydrogen (secondary N) is 1. The molecule has 1 amide bonds. The van der Waals surface area contributed by atoms with Crippen LogP contribution in [0.5, 0.6) is 0 Å². The number of hydrogen-bond acceptors (Lipinski definition) is 4. The molecule has 1 aromatic heterocycles. The van der Waals surface area contributed by atoms with Crippen LogP contribution in [0.1, 0.15) is 16.1 Å². The van der Waals surface area contributed by atoms with Crippen molar-refractivity contribution in [3.8, 4) is 11.1 Å². The number of esters is 1. The van der Waals surface area contributed by atoms with Crippen molar-refractivity contribution in [1.29, 1.82) is 0 Å². The van der Waals surface area contributed by atoms with Crippen molar-refractivity contribution in [3.05, 3.63) is 99.4 Å². The van der Waals surface area contributed by atoms with Gasteiger partial charge in [0.15, 0.2) is 6.61 Å². The van der Waals surface area contributed by atoms with Crippen LogP contribution in [0.15, 0.2) is 77.6 Å². The standard InChI is InChI=1S/C26H21ClN2O4/c1-16-7-13-19(14-8-16)28-22(30)15-33-26(32)24-23(17-9-11-18(27)12-10-17)20-5-3-4-6-21(20)25(31)29(24)2/h3-14H,15H2,1-2H3,(H,28,30). The summed E-state index contributed by atoms with van der Waals surface area (Å²) in [6, 6.07) is 21.3. The van der Waals surface area contributed by atoms with Crippen molar-refractivity contribution >= 4 is 39.9 Å². The van der Waals surface area contributed by atoms with E-state index in [1.165, 1.54) is 11.6 Å². The van der Waals surface area contributed by atoms with E-state index in [4.69, 9.17) is 16.3 Å². The first-order valence-electron chi connectivity index (χ1n) is 10.3. The smallest absolute Gasteiger partial charge is 0.356 e. The Bertz CT molecular complexity index is 1410. The number of carbonyl (C=O) groups is 2. The topological polar surface area (TPSA) is 77.4 Å². The molecule has 0 saturated carbocycles. The Morgan fingerprint density at radius 3 is 2.24 bits per heavy atom. The molecule has 0 atom stereocenters. The third kappa shape index (κ3) is 4.66. The number of pyridine rings is 1. The van der Waals surface area contributed by atoms with E-state index in [1.807, 2.05) is 19.1 Å². The molecular weight excluding hydrogens is 440 g/mol. The zero-order chi connectivity index (χ0) is 23.5. The lowest BCUT2D eigenvalue weighted by molar-refractivity contribution is -0.119. The van der Waals surface area contributed by atoms with E-state index in [0.29, 0.717) is 32.6 Å². The van der Waals surface area contributed by atoms with E-state index in [-0.39, 0.29) is 11.3 Å².